The number of rotatable bonds is 36. The van der Waals surface area contributed by atoms with Crippen molar-refractivity contribution in [2.75, 3.05) is 60.4 Å². The second-order valence-corrected chi connectivity index (χ2v) is 18.5. The highest BCUT2D eigenvalue weighted by molar-refractivity contribution is 5.96. The number of hydrogen-bond acceptors (Lipinski definition) is 16. The highest BCUT2D eigenvalue weighted by Crippen LogP contribution is 2.21. The number of Topliss-reactive ketones (excluding diaryl/α,β-unsaturated/α-hetero) is 3. The number of ketones is 3. The van der Waals surface area contributed by atoms with Crippen LogP contribution in [-0.4, -0.2) is 125 Å². The van der Waals surface area contributed by atoms with Gasteiger partial charge in [0, 0.05) is 65.4 Å². The van der Waals surface area contributed by atoms with Crippen LogP contribution in [0.25, 0.3) is 0 Å². The van der Waals surface area contributed by atoms with E-state index in [0.717, 1.165) is 11.1 Å². The van der Waals surface area contributed by atoms with Gasteiger partial charge in [-0.1, -0.05) is 74.5 Å². The molecule has 0 radical (unpaired) electrons. The van der Waals surface area contributed by atoms with Crippen molar-refractivity contribution in [2.24, 2.45) is 23.5 Å². The van der Waals surface area contributed by atoms with E-state index in [2.05, 4.69) is 10.6 Å². The fraction of sp³-hybridized carbons (Fsp3) is 0.623. The molecule has 2 aromatic carbocycles. The van der Waals surface area contributed by atoms with Crippen LogP contribution in [0.4, 0.5) is 0 Å². The largest absolute Gasteiger partial charge is 0.461 e. The highest BCUT2D eigenvalue weighted by Gasteiger charge is 2.34. The van der Waals surface area contributed by atoms with Crippen LogP contribution in [0.2, 0.25) is 0 Å². The molecule has 0 unspecified atom stereocenters. The Bertz CT molecular complexity index is 1870. The van der Waals surface area contributed by atoms with E-state index < -0.39 is 77.9 Å². The summed E-state index contributed by atoms with van der Waals surface area (Å²) in [5, 5.41) is 5.49. The minimum atomic E-state index is -1.17. The minimum Gasteiger partial charge on any atom is -0.461 e. The Balaban J connectivity index is 0.00000288. The van der Waals surface area contributed by atoms with Crippen LogP contribution in [0.1, 0.15) is 117 Å². The lowest BCUT2D eigenvalue weighted by Crippen LogP contribution is -2.48. The molecule has 0 aliphatic rings. The summed E-state index contributed by atoms with van der Waals surface area (Å²) in [5.41, 5.74) is 5.85. The van der Waals surface area contributed by atoms with Crippen LogP contribution in [0, 0.1) is 17.8 Å². The van der Waals surface area contributed by atoms with Crippen molar-refractivity contribution in [3.05, 3.63) is 71.8 Å². The Morgan fingerprint density at radius 3 is 1.58 bits per heavy atom. The minimum absolute atomic E-state index is 0.00514. The van der Waals surface area contributed by atoms with Crippen molar-refractivity contribution >= 4 is 47.1 Å². The van der Waals surface area contributed by atoms with E-state index in [4.69, 9.17) is 38.9 Å². The van der Waals surface area contributed by atoms with Crippen molar-refractivity contribution in [2.45, 2.75) is 137 Å². The van der Waals surface area contributed by atoms with Gasteiger partial charge in [-0.3, -0.25) is 33.6 Å². The quantitative estimate of drug-likeness (QED) is 0.0429. The zero-order valence-electron chi connectivity index (χ0n) is 43.3. The van der Waals surface area contributed by atoms with E-state index >= 15 is 0 Å². The molecule has 2 aromatic rings. The van der Waals surface area contributed by atoms with E-state index in [-0.39, 0.29) is 82.3 Å². The molecule has 2 amide bonds. The van der Waals surface area contributed by atoms with Crippen molar-refractivity contribution < 1.29 is 71.5 Å². The third-order valence-corrected chi connectivity index (χ3v) is 10.3. The van der Waals surface area contributed by atoms with Gasteiger partial charge in [0.15, 0.2) is 11.6 Å². The molecule has 0 fully saturated rings. The Morgan fingerprint density at radius 2 is 1.08 bits per heavy atom. The van der Waals surface area contributed by atoms with Gasteiger partial charge in [-0.15, -0.1) is 0 Å². The molecule has 0 spiro atoms. The lowest BCUT2D eigenvalue weighted by atomic mass is 9.89. The molecular weight excluding hydrogens is 919 g/mol. The molecule has 4 N–H and O–H groups in total. The molecule has 0 heterocycles. The second kappa shape index (κ2) is 37.4. The molecule has 0 bridgehead atoms. The smallest absolute Gasteiger partial charge is 0.307 e. The number of esters is 3. The monoisotopic (exact) mass is 1000 g/mol. The normalized spacial score (nSPS) is 12.8. The molecule has 71 heavy (non-hydrogen) atoms. The Labute approximate surface area is 420 Å². The number of ether oxygens (including phenoxy) is 7. The van der Waals surface area contributed by atoms with Gasteiger partial charge in [0.2, 0.25) is 11.8 Å². The Kier molecular flexibility index (Phi) is 33.5. The maximum Gasteiger partial charge on any atom is 0.307 e. The van der Waals surface area contributed by atoms with E-state index in [9.17, 15) is 38.4 Å². The number of nitrogens with one attached hydrogen (secondary N) is 2. The predicted octanol–water partition coefficient (Wildman–Crippen LogP) is 5.57. The van der Waals surface area contributed by atoms with Crippen molar-refractivity contribution in [1.82, 2.24) is 10.6 Å². The van der Waals surface area contributed by atoms with Crippen molar-refractivity contribution in [3.8, 4) is 0 Å². The molecule has 0 aromatic heterocycles. The molecule has 398 valence electrons. The Morgan fingerprint density at radius 1 is 0.577 bits per heavy atom. The third kappa shape index (κ3) is 32.2. The molecular formula is C53H81N3O15. The van der Waals surface area contributed by atoms with Gasteiger partial charge in [-0.25, -0.2) is 0 Å². The van der Waals surface area contributed by atoms with E-state index in [1.807, 2.05) is 38.1 Å². The van der Waals surface area contributed by atoms with Crippen LogP contribution in [-0.2, 0) is 84.7 Å². The van der Waals surface area contributed by atoms with Crippen LogP contribution in [0.15, 0.2) is 60.7 Å². The first-order valence-electron chi connectivity index (χ1n) is 24.4. The van der Waals surface area contributed by atoms with Crippen LogP contribution >= 0.6 is 0 Å². The Hall–Kier alpha value is -5.40. The zero-order chi connectivity index (χ0) is 53.0. The number of amides is 2. The average Bonchev–Trinajstić information content (AvgIpc) is 3.32. The van der Waals surface area contributed by atoms with E-state index in [0.29, 0.717) is 46.0 Å². The van der Waals surface area contributed by atoms with E-state index in [1.165, 1.54) is 6.92 Å². The molecule has 18 heteroatoms. The maximum absolute atomic E-state index is 14.2. The number of carbonyl (C=O) groups is 8. The van der Waals surface area contributed by atoms with E-state index in [1.54, 1.807) is 71.4 Å². The van der Waals surface area contributed by atoms with Gasteiger partial charge in [0.25, 0.3) is 0 Å². The summed E-state index contributed by atoms with van der Waals surface area (Å²) in [6.07, 6.45) is -1.28. The number of benzene rings is 2. The highest BCUT2D eigenvalue weighted by atomic mass is 16.6. The molecule has 0 aliphatic carbocycles. The number of hydrogen-bond donors (Lipinski definition) is 3. The lowest BCUT2D eigenvalue weighted by Gasteiger charge is -2.26. The number of methoxy groups -OCH3 is 2. The summed E-state index contributed by atoms with van der Waals surface area (Å²) in [7, 11) is 3.19. The van der Waals surface area contributed by atoms with Gasteiger partial charge >= 0.3 is 17.9 Å². The van der Waals surface area contributed by atoms with Crippen molar-refractivity contribution in [3.63, 3.8) is 0 Å². The van der Waals surface area contributed by atoms with Crippen LogP contribution in [0.3, 0.4) is 0 Å². The first-order valence-corrected chi connectivity index (χ1v) is 24.4. The summed E-state index contributed by atoms with van der Waals surface area (Å²) < 4.78 is 36.5. The van der Waals surface area contributed by atoms with Gasteiger partial charge < -0.3 is 54.3 Å². The standard InChI is InChI=1S/C48H68N2O13.C5H13NO2/c1-33(2)27-40(50-47(58)38(28-34(3)51)30-45(56)63-48(4,5)6)42(53)29-37(20-22-43(54)61-31-35-15-10-8-11-16-35)46(57)49-39(41(52)19-14-24-60-26-25-59-7)21-23-44(55)62-32-36-17-12-9-13-18-36;1-7-4-5-8-3-2-6/h8-13,15-18,33,37-40H,14,19-32H2,1-7H3,(H,49,57)(H,50,58);2-6H2,1H3/t37-,38+,39-,40-;/m1./s1. The SMILES string of the molecule is COCCOCCCC(=O)[C@@H](CCC(=O)OCc1ccccc1)NC(=O)[C@H](CCC(=O)OCc1ccccc1)CC(=O)[C@@H](CC(C)C)NC(=O)[C@@H](CC(C)=O)CC(=O)OC(C)(C)C.COCCOCCN. The summed E-state index contributed by atoms with van der Waals surface area (Å²) in [6.45, 7) is 13.5. The zero-order valence-corrected chi connectivity index (χ0v) is 43.3. The van der Waals surface area contributed by atoms with Gasteiger partial charge in [0.05, 0.1) is 57.5 Å². The third-order valence-electron chi connectivity index (χ3n) is 10.3. The molecule has 0 saturated heterocycles. The molecule has 18 nitrogen and oxygen atoms in total. The van der Waals surface area contributed by atoms with Gasteiger partial charge in [0.1, 0.15) is 24.6 Å². The molecule has 0 aliphatic heterocycles. The summed E-state index contributed by atoms with van der Waals surface area (Å²) in [6, 6.07) is 15.8. The summed E-state index contributed by atoms with van der Waals surface area (Å²) in [4.78, 5) is 106. The fourth-order valence-corrected chi connectivity index (χ4v) is 6.80. The lowest BCUT2D eigenvalue weighted by molar-refractivity contribution is -0.157. The first kappa shape index (κ1) is 63.6. The average molecular weight is 1000 g/mol. The van der Waals surface area contributed by atoms with Gasteiger partial charge in [-0.05, 0) is 70.4 Å². The van der Waals surface area contributed by atoms with Crippen LogP contribution < -0.4 is 16.4 Å². The maximum atomic E-state index is 14.2. The molecule has 4 atom stereocenters. The first-order chi connectivity index (χ1) is 33.8. The fourth-order valence-electron chi connectivity index (χ4n) is 6.80. The van der Waals surface area contributed by atoms with Gasteiger partial charge in [-0.2, -0.15) is 0 Å². The predicted molar refractivity (Wildman–Crippen MR) is 265 cm³/mol. The molecule has 0 saturated carbocycles. The topological polar surface area (TPSA) is 251 Å². The number of nitrogens with two attached hydrogens (primary N) is 1. The summed E-state index contributed by atoms with van der Waals surface area (Å²) in [5.74, 6) is -6.92. The second-order valence-electron chi connectivity index (χ2n) is 18.5. The summed E-state index contributed by atoms with van der Waals surface area (Å²) >= 11 is 0. The van der Waals surface area contributed by atoms with Crippen LogP contribution in [0.5, 0.6) is 0 Å². The molecule has 2 rings (SSSR count). The van der Waals surface area contributed by atoms with Crippen molar-refractivity contribution in [1.29, 1.82) is 0 Å². The number of carbonyl (C=O) groups excluding carboxylic acids is 8.